The summed E-state index contributed by atoms with van der Waals surface area (Å²) in [6.45, 7) is 3.99. The van der Waals surface area contributed by atoms with Gasteiger partial charge in [0.1, 0.15) is 23.0 Å². The lowest BCUT2D eigenvalue weighted by atomic mass is 10.1. The van der Waals surface area contributed by atoms with Crippen LogP contribution < -0.4 is 14.8 Å². The highest BCUT2D eigenvalue weighted by Crippen LogP contribution is 2.33. The number of nitrogens with zero attached hydrogens (tertiary/aromatic N) is 6. The second-order valence-electron chi connectivity index (χ2n) is 8.45. The van der Waals surface area contributed by atoms with Crippen molar-refractivity contribution in [3.8, 4) is 28.6 Å². The third kappa shape index (κ3) is 5.87. The molecule has 0 aliphatic carbocycles. The maximum Gasteiger partial charge on any atom is 0.174 e. The van der Waals surface area contributed by atoms with Gasteiger partial charge < -0.3 is 14.8 Å². The molecule has 0 radical (unpaired) electrons. The molecule has 5 aromatic rings. The first kappa shape index (κ1) is 23.9. The number of aromatic nitrogens is 7. The molecule has 2 N–H and O–H groups in total. The third-order valence-electron chi connectivity index (χ3n) is 5.80. The molecule has 4 heterocycles. The number of H-pyrrole nitrogens is 1. The second kappa shape index (κ2) is 10.8. The summed E-state index contributed by atoms with van der Waals surface area (Å²) in [7, 11) is 1.64. The van der Waals surface area contributed by atoms with Gasteiger partial charge in [0.25, 0.3) is 0 Å². The lowest BCUT2D eigenvalue weighted by molar-refractivity contribution is 0.414. The van der Waals surface area contributed by atoms with Crippen molar-refractivity contribution >= 4 is 11.5 Å². The number of nitrogens with one attached hydrogen (secondary N) is 2. The molecular weight excluding hydrogens is 468 g/mol. The van der Waals surface area contributed by atoms with Crippen LogP contribution in [-0.4, -0.2) is 42.7 Å². The van der Waals surface area contributed by atoms with Crippen LogP contribution in [0.5, 0.6) is 17.2 Å². The molecule has 0 amide bonds. The number of aryl methyl sites for hydroxylation is 4. The predicted molar refractivity (Wildman–Crippen MR) is 139 cm³/mol. The van der Waals surface area contributed by atoms with Crippen LogP contribution >= 0.6 is 0 Å². The summed E-state index contributed by atoms with van der Waals surface area (Å²) in [4.78, 5) is 13.7. The fraction of sp³-hybridized carbons (Fsp3) is 0.185. The summed E-state index contributed by atoms with van der Waals surface area (Å²) in [5.41, 5.74) is 5.31. The van der Waals surface area contributed by atoms with E-state index in [1.54, 1.807) is 19.5 Å². The van der Waals surface area contributed by atoms with E-state index < -0.39 is 0 Å². The van der Waals surface area contributed by atoms with Crippen molar-refractivity contribution in [1.82, 2.24) is 35.6 Å². The van der Waals surface area contributed by atoms with Gasteiger partial charge in [0.15, 0.2) is 11.6 Å². The number of benzene rings is 1. The van der Waals surface area contributed by atoms with E-state index in [2.05, 4.69) is 35.9 Å². The highest BCUT2D eigenvalue weighted by Gasteiger charge is 2.14. The molecule has 10 heteroatoms. The van der Waals surface area contributed by atoms with Gasteiger partial charge in [0.05, 0.1) is 12.8 Å². The second-order valence-corrected chi connectivity index (χ2v) is 8.45. The van der Waals surface area contributed by atoms with Gasteiger partial charge in [0.2, 0.25) is 0 Å². The van der Waals surface area contributed by atoms with E-state index >= 15 is 0 Å². The monoisotopic (exact) mass is 494 g/mol. The fourth-order valence-electron chi connectivity index (χ4n) is 3.80. The molecule has 37 heavy (non-hydrogen) atoms. The number of hydrogen-bond acceptors (Lipinski definition) is 9. The van der Waals surface area contributed by atoms with E-state index in [0.29, 0.717) is 35.3 Å². The van der Waals surface area contributed by atoms with Crippen LogP contribution in [0, 0.1) is 13.8 Å². The van der Waals surface area contributed by atoms with Crippen LogP contribution in [0.2, 0.25) is 0 Å². The summed E-state index contributed by atoms with van der Waals surface area (Å²) >= 11 is 0. The molecule has 1 aromatic carbocycles. The lowest BCUT2D eigenvalue weighted by Gasteiger charge is -2.14. The van der Waals surface area contributed by atoms with Crippen molar-refractivity contribution < 1.29 is 9.47 Å². The van der Waals surface area contributed by atoms with Gasteiger partial charge in [-0.2, -0.15) is 5.21 Å². The van der Waals surface area contributed by atoms with Crippen molar-refractivity contribution in [2.45, 2.75) is 26.7 Å². The molecule has 0 saturated carbocycles. The molecule has 10 nitrogen and oxygen atoms in total. The Bertz CT molecular complexity index is 1490. The Kier molecular flexibility index (Phi) is 6.98. The Morgan fingerprint density at radius 1 is 0.919 bits per heavy atom. The minimum atomic E-state index is 0.625. The molecule has 4 aromatic heterocycles. The molecular formula is C27H26N8O2. The zero-order valence-corrected chi connectivity index (χ0v) is 20.8. The first-order chi connectivity index (χ1) is 18.1. The average Bonchev–Trinajstić information content (AvgIpc) is 3.44. The fourth-order valence-corrected chi connectivity index (χ4v) is 3.80. The molecule has 0 bridgehead atoms. The van der Waals surface area contributed by atoms with Crippen molar-refractivity contribution in [3.05, 3.63) is 89.6 Å². The number of anilines is 2. The Hall–Kier alpha value is -4.86. The Morgan fingerprint density at radius 2 is 1.84 bits per heavy atom. The molecule has 5 rings (SSSR count). The van der Waals surface area contributed by atoms with E-state index in [9.17, 15) is 0 Å². The van der Waals surface area contributed by atoms with E-state index in [1.165, 1.54) is 0 Å². The number of ether oxygens (including phenoxy) is 2. The smallest absolute Gasteiger partial charge is 0.174 e. The maximum atomic E-state index is 6.30. The van der Waals surface area contributed by atoms with E-state index in [1.807, 2.05) is 68.4 Å². The van der Waals surface area contributed by atoms with Gasteiger partial charge in [-0.1, -0.05) is 11.3 Å². The average molecular weight is 495 g/mol. The Morgan fingerprint density at radius 3 is 2.62 bits per heavy atom. The number of methoxy groups -OCH3 is 1. The summed E-state index contributed by atoms with van der Waals surface area (Å²) in [6, 6.07) is 17.3. The van der Waals surface area contributed by atoms with Crippen LogP contribution in [-0.2, 0) is 12.8 Å². The standard InChI is InChI=1S/C27H26N8O2/c1-17-12-24(27(30-18(17)2)23-6-4-5-10-28-23)37-21-9-11-29-26(16-21)31-20-13-19(14-22(15-20)36-3)7-8-25-32-34-35-33-25/h4-6,9-16H,7-8H2,1-3H3,(H,29,31)(H,32,33,34,35). The molecule has 0 atom stereocenters. The van der Waals surface area contributed by atoms with Gasteiger partial charge in [-0.3, -0.25) is 4.98 Å². The van der Waals surface area contributed by atoms with E-state index in [4.69, 9.17) is 14.5 Å². The highest BCUT2D eigenvalue weighted by atomic mass is 16.5. The van der Waals surface area contributed by atoms with Crippen LogP contribution in [0.1, 0.15) is 22.6 Å². The minimum Gasteiger partial charge on any atom is -0.497 e. The topological polar surface area (TPSA) is 124 Å². The van der Waals surface area contributed by atoms with Crippen molar-refractivity contribution in [2.24, 2.45) is 0 Å². The number of rotatable bonds is 9. The SMILES string of the molecule is COc1cc(CCc2nn[nH]n2)cc(Nc2cc(Oc3cc(C)c(C)nc3-c3ccccn3)ccn2)c1. The Balaban J connectivity index is 1.38. The first-order valence-corrected chi connectivity index (χ1v) is 11.8. The van der Waals surface area contributed by atoms with Crippen molar-refractivity contribution in [2.75, 3.05) is 12.4 Å². The molecule has 0 aliphatic rings. The number of pyridine rings is 3. The number of aromatic amines is 1. The molecule has 186 valence electrons. The third-order valence-corrected chi connectivity index (χ3v) is 5.80. The van der Waals surface area contributed by atoms with Crippen molar-refractivity contribution in [3.63, 3.8) is 0 Å². The summed E-state index contributed by atoms with van der Waals surface area (Å²) in [5, 5.41) is 17.5. The van der Waals surface area contributed by atoms with Gasteiger partial charge in [-0.15, -0.1) is 10.2 Å². The summed E-state index contributed by atoms with van der Waals surface area (Å²) in [6.07, 6.45) is 4.84. The van der Waals surface area contributed by atoms with E-state index in [0.717, 1.165) is 40.4 Å². The molecule has 0 unspecified atom stereocenters. The number of hydrogen-bond donors (Lipinski definition) is 2. The van der Waals surface area contributed by atoms with Gasteiger partial charge in [-0.05, 0) is 67.8 Å². The van der Waals surface area contributed by atoms with Crippen molar-refractivity contribution in [1.29, 1.82) is 0 Å². The first-order valence-electron chi connectivity index (χ1n) is 11.8. The Labute approximate surface area is 214 Å². The molecule has 0 spiro atoms. The van der Waals surface area contributed by atoms with E-state index in [-0.39, 0.29) is 0 Å². The quantitative estimate of drug-likeness (QED) is 0.291. The highest BCUT2D eigenvalue weighted by molar-refractivity contribution is 5.65. The minimum absolute atomic E-state index is 0.625. The van der Waals surface area contributed by atoms with Gasteiger partial charge in [0, 0.05) is 42.3 Å². The zero-order chi connectivity index (χ0) is 25.6. The van der Waals surface area contributed by atoms with Crippen LogP contribution in [0.15, 0.2) is 67.0 Å². The normalized spacial score (nSPS) is 10.8. The lowest BCUT2D eigenvalue weighted by Crippen LogP contribution is -2.00. The molecule has 0 saturated heterocycles. The van der Waals surface area contributed by atoms with Crippen LogP contribution in [0.3, 0.4) is 0 Å². The summed E-state index contributed by atoms with van der Waals surface area (Å²) < 4.78 is 11.8. The predicted octanol–water partition coefficient (Wildman–Crippen LogP) is 5.00. The van der Waals surface area contributed by atoms with Gasteiger partial charge >= 0.3 is 0 Å². The van der Waals surface area contributed by atoms with Crippen LogP contribution in [0.4, 0.5) is 11.5 Å². The molecule has 0 fully saturated rings. The zero-order valence-electron chi connectivity index (χ0n) is 20.8. The van der Waals surface area contributed by atoms with Crippen LogP contribution in [0.25, 0.3) is 11.4 Å². The molecule has 0 aliphatic heterocycles. The van der Waals surface area contributed by atoms with Gasteiger partial charge in [-0.25, -0.2) is 9.97 Å². The maximum absolute atomic E-state index is 6.30. The number of tetrazole rings is 1. The largest absolute Gasteiger partial charge is 0.497 e. The summed E-state index contributed by atoms with van der Waals surface area (Å²) in [5.74, 6) is 3.28.